The summed E-state index contributed by atoms with van der Waals surface area (Å²) in [6, 6.07) is 8.75. The van der Waals surface area contributed by atoms with Gasteiger partial charge < -0.3 is 9.40 Å². The fraction of sp³-hybridized carbons (Fsp3) is 0.353. The van der Waals surface area contributed by atoms with Gasteiger partial charge in [0.05, 0.1) is 6.04 Å². The monoisotopic (exact) mass is 313 g/mol. The highest BCUT2D eigenvalue weighted by Gasteiger charge is 2.27. The second kappa shape index (κ2) is 5.74. The van der Waals surface area contributed by atoms with Crippen LogP contribution in [-0.4, -0.2) is 21.4 Å². The van der Waals surface area contributed by atoms with E-state index in [1.54, 1.807) is 11.3 Å². The Morgan fingerprint density at radius 3 is 3.14 bits per heavy atom. The van der Waals surface area contributed by atoms with E-state index in [0.717, 1.165) is 29.6 Å². The van der Waals surface area contributed by atoms with Crippen molar-refractivity contribution < 1.29 is 4.42 Å². The van der Waals surface area contributed by atoms with Crippen LogP contribution in [0, 0.1) is 6.92 Å². The molecule has 1 N–H and O–H groups in total. The van der Waals surface area contributed by atoms with Gasteiger partial charge in [-0.15, -0.1) is 11.3 Å². The van der Waals surface area contributed by atoms with Gasteiger partial charge in [0.2, 0.25) is 0 Å². The number of furan rings is 1. The fourth-order valence-corrected chi connectivity index (χ4v) is 4.06. The molecule has 4 rings (SSSR count). The summed E-state index contributed by atoms with van der Waals surface area (Å²) >= 11 is 1.73. The molecule has 3 aromatic heterocycles. The molecule has 0 saturated carbocycles. The third-order valence-corrected chi connectivity index (χ3v) is 5.20. The van der Waals surface area contributed by atoms with Crippen molar-refractivity contribution in [3.05, 3.63) is 53.0 Å². The molecule has 1 saturated heterocycles. The number of aryl methyl sites for hydroxylation is 1. The van der Waals surface area contributed by atoms with Gasteiger partial charge in [-0.1, -0.05) is 0 Å². The molecule has 0 spiro atoms. The lowest BCUT2D eigenvalue weighted by Gasteiger charge is -2.22. The van der Waals surface area contributed by atoms with E-state index in [9.17, 15) is 0 Å². The summed E-state index contributed by atoms with van der Waals surface area (Å²) in [5, 5.41) is 0.971. The van der Waals surface area contributed by atoms with Gasteiger partial charge in [0.15, 0.2) is 10.8 Å². The number of nitrogens with zero attached hydrogens (tertiary/aromatic N) is 2. The van der Waals surface area contributed by atoms with Crippen LogP contribution in [0.5, 0.6) is 0 Å². The highest BCUT2D eigenvalue weighted by Crippen LogP contribution is 2.34. The molecule has 1 atom stereocenters. The van der Waals surface area contributed by atoms with E-state index in [2.05, 4.69) is 27.0 Å². The zero-order valence-electron chi connectivity index (χ0n) is 12.6. The van der Waals surface area contributed by atoms with Crippen molar-refractivity contribution in [2.75, 3.05) is 6.54 Å². The van der Waals surface area contributed by atoms with Gasteiger partial charge in [-0.3, -0.25) is 4.90 Å². The maximum absolute atomic E-state index is 5.66. The SMILES string of the molecule is Cc1ccc(-c2ncc(CN3CCC[C@H]3c3ccc[nH]3)s2)o1. The van der Waals surface area contributed by atoms with Crippen LogP contribution in [0.1, 0.15) is 35.2 Å². The lowest BCUT2D eigenvalue weighted by molar-refractivity contribution is 0.247. The number of thiazole rings is 1. The minimum Gasteiger partial charge on any atom is -0.459 e. The van der Waals surface area contributed by atoms with Gasteiger partial charge in [0.1, 0.15) is 5.76 Å². The largest absolute Gasteiger partial charge is 0.459 e. The molecule has 114 valence electrons. The van der Waals surface area contributed by atoms with Crippen LogP contribution in [-0.2, 0) is 6.54 Å². The Hall–Kier alpha value is -1.85. The van der Waals surface area contributed by atoms with Gasteiger partial charge in [0, 0.05) is 29.5 Å². The molecule has 0 unspecified atom stereocenters. The zero-order chi connectivity index (χ0) is 14.9. The van der Waals surface area contributed by atoms with E-state index in [0.29, 0.717) is 6.04 Å². The van der Waals surface area contributed by atoms with Gasteiger partial charge in [-0.05, 0) is 50.6 Å². The van der Waals surface area contributed by atoms with Crippen LogP contribution < -0.4 is 0 Å². The minimum atomic E-state index is 0.506. The molecular weight excluding hydrogens is 294 g/mol. The molecule has 1 aliphatic heterocycles. The van der Waals surface area contributed by atoms with Crippen molar-refractivity contribution in [2.24, 2.45) is 0 Å². The first-order valence-corrected chi connectivity index (χ1v) is 8.50. The normalized spacial score (nSPS) is 19.0. The maximum Gasteiger partial charge on any atom is 0.162 e. The topological polar surface area (TPSA) is 45.1 Å². The number of aromatic nitrogens is 2. The standard InChI is InChI=1S/C17H19N3OS/c1-12-6-7-16(21-12)17-19-10-13(22-17)11-20-9-3-5-15(20)14-4-2-8-18-14/h2,4,6-8,10,15,18H,3,5,9,11H2,1H3/t15-/m0/s1. The van der Waals surface area contributed by atoms with Gasteiger partial charge in [-0.2, -0.15) is 0 Å². The number of nitrogens with one attached hydrogen (secondary N) is 1. The van der Waals surface area contributed by atoms with Crippen molar-refractivity contribution >= 4 is 11.3 Å². The first kappa shape index (κ1) is 13.8. The Morgan fingerprint density at radius 2 is 2.36 bits per heavy atom. The summed E-state index contributed by atoms with van der Waals surface area (Å²) < 4.78 is 5.66. The summed E-state index contributed by atoms with van der Waals surface area (Å²) in [5.41, 5.74) is 1.32. The Morgan fingerprint density at radius 1 is 1.41 bits per heavy atom. The van der Waals surface area contributed by atoms with Crippen LogP contribution in [0.3, 0.4) is 0 Å². The van der Waals surface area contributed by atoms with Crippen molar-refractivity contribution in [1.29, 1.82) is 0 Å². The summed E-state index contributed by atoms with van der Waals surface area (Å²) in [4.78, 5) is 11.7. The van der Waals surface area contributed by atoms with E-state index in [1.165, 1.54) is 23.4 Å². The summed E-state index contributed by atoms with van der Waals surface area (Å²) in [5.74, 6) is 1.80. The summed E-state index contributed by atoms with van der Waals surface area (Å²) in [7, 11) is 0. The lowest BCUT2D eigenvalue weighted by atomic mass is 10.1. The molecule has 0 aromatic carbocycles. The molecule has 1 fully saturated rings. The van der Waals surface area contributed by atoms with Crippen molar-refractivity contribution in [2.45, 2.75) is 32.4 Å². The Kier molecular flexibility index (Phi) is 3.60. The smallest absolute Gasteiger partial charge is 0.162 e. The van der Waals surface area contributed by atoms with E-state index < -0.39 is 0 Å². The Labute approximate surface area is 133 Å². The number of rotatable bonds is 4. The van der Waals surface area contributed by atoms with Crippen molar-refractivity contribution in [3.63, 3.8) is 0 Å². The number of likely N-dealkylation sites (tertiary alicyclic amines) is 1. The molecule has 0 aliphatic carbocycles. The third kappa shape index (κ3) is 2.62. The molecule has 3 aromatic rings. The third-order valence-electron chi connectivity index (χ3n) is 4.21. The maximum atomic E-state index is 5.66. The zero-order valence-corrected chi connectivity index (χ0v) is 13.4. The van der Waals surface area contributed by atoms with Crippen LogP contribution >= 0.6 is 11.3 Å². The second-order valence-corrected chi connectivity index (χ2v) is 6.91. The molecule has 4 nitrogen and oxygen atoms in total. The lowest BCUT2D eigenvalue weighted by Crippen LogP contribution is -2.22. The minimum absolute atomic E-state index is 0.506. The van der Waals surface area contributed by atoms with Crippen LogP contribution in [0.15, 0.2) is 41.1 Å². The molecule has 4 heterocycles. The molecule has 1 aliphatic rings. The summed E-state index contributed by atoms with van der Waals surface area (Å²) in [6.07, 6.45) is 6.48. The number of H-pyrrole nitrogens is 1. The molecule has 0 amide bonds. The molecule has 22 heavy (non-hydrogen) atoms. The average molecular weight is 313 g/mol. The highest BCUT2D eigenvalue weighted by molar-refractivity contribution is 7.14. The first-order chi connectivity index (χ1) is 10.8. The Balaban J connectivity index is 1.50. The molecule has 0 bridgehead atoms. The number of hydrogen-bond donors (Lipinski definition) is 1. The molecule has 5 heteroatoms. The second-order valence-electron chi connectivity index (χ2n) is 5.80. The van der Waals surface area contributed by atoms with Gasteiger partial charge in [-0.25, -0.2) is 4.98 Å². The van der Waals surface area contributed by atoms with E-state index in [4.69, 9.17) is 4.42 Å². The quantitative estimate of drug-likeness (QED) is 0.777. The fourth-order valence-electron chi connectivity index (χ4n) is 3.16. The predicted octanol–water partition coefficient (Wildman–Crippen LogP) is 4.38. The van der Waals surface area contributed by atoms with Crippen LogP contribution in [0.4, 0.5) is 0 Å². The summed E-state index contributed by atoms with van der Waals surface area (Å²) in [6.45, 7) is 4.07. The molecular formula is C17H19N3OS. The van der Waals surface area contributed by atoms with Gasteiger partial charge in [0.25, 0.3) is 0 Å². The van der Waals surface area contributed by atoms with Crippen molar-refractivity contribution in [3.8, 4) is 10.8 Å². The van der Waals surface area contributed by atoms with Crippen LogP contribution in [0.25, 0.3) is 10.8 Å². The van der Waals surface area contributed by atoms with E-state index >= 15 is 0 Å². The van der Waals surface area contributed by atoms with Crippen molar-refractivity contribution in [1.82, 2.24) is 14.9 Å². The first-order valence-electron chi connectivity index (χ1n) is 7.68. The molecule has 0 radical (unpaired) electrons. The van der Waals surface area contributed by atoms with Crippen LogP contribution in [0.2, 0.25) is 0 Å². The Bertz CT molecular complexity index is 744. The predicted molar refractivity (Wildman–Crippen MR) is 87.7 cm³/mol. The van der Waals surface area contributed by atoms with E-state index in [1.807, 2.05) is 31.5 Å². The number of aromatic amines is 1. The van der Waals surface area contributed by atoms with E-state index in [-0.39, 0.29) is 0 Å². The number of hydrogen-bond acceptors (Lipinski definition) is 4. The van der Waals surface area contributed by atoms with Gasteiger partial charge >= 0.3 is 0 Å². The average Bonchev–Trinajstić information content (AvgIpc) is 3.25. The highest BCUT2D eigenvalue weighted by atomic mass is 32.1.